The van der Waals surface area contributed by atoms with E-state index >= 15 is 0 Å². The number of halogens is 1. The van der Waals surface area contributed by atoms with E-state index in [-0.39, 0.29) is 6.09 Å². The van der Waals surface area contributed by atoms with Crippen LogP contribution in [0.5, 0.6) is 0 Å². The van der Waals surface area contributed by atoms with Gasteiger partial charge in [-0.1, -0.05) is 54.6 Å². The molecule has 0 spiro atoms. The van der Waals surface area contributed by atoms with Crippen LogP contribution in [0.3, 0.4) is 0 Å². The van der Waals surface area contributed by atoms with Crippen LogP contribution in [0.25, 0.3) is 0 Å². The zero-order valence-electron chi connectivity index (χ0n) is 15.0. The Kier molecular flexibility index (Phi) is 9.62. The maximum Gasteiger partial charge on any atom is 0.407 e. The van der Waals surface area contributed by atoms with Gasteiger partial charge in [0.25, 0.3) is 0 Å². The number of nitrogens with one attached hydrogen (secondary N) is 2. The van der Waals surface area contributed by atoms with E-state index in [0.29, 0.717) is 13.2 Å². The van der Waals surface area contributed by atoms with Gasteiger partial charge >= 0.3 is 6.09 Å². The van der Waals surface area contributed by atoms with E-state index in [0.717, 1.165) is 44.2 Å². The molecule has 0 aliphatic heterocycles. The van der Waals surface area contributed by atoms with E-state index < -0.39 is 0 Å². The highest BCUT2D eigenvalue weighted by Gasteiger charge is 2.02. The Hall–Kier alpha value is -2.04. The molecule has 0 saturated heterocycles. The van der Waals surface area contributed by atoms with Gasteiger partial charge in [-0.05, 0) is 60.6 Å². The van der Waals surface area contributed by atoms with Crippen molar-refractivity contribution < 1.29 is 9.53 Å². The Morgan fingerprint density at radius 3 is 2.12 bits per heavy atom. The van der Waals surface area contributed by atoms with Crippen LogP contribution in [0.1, 0.15) is 36.0 Å². The molecule has 5 heteroatoms. The molecule has 140 valence electrons. The Bertz CT molecular complexity index is 632. The van der Waals surface area contributed by atoms with Gasteiger partial charge in [-0.15, -0.1) is 0 Å². The molecule has 2 aromatic carbocycles. The molecule has 0 fully saturated rings. The lowest BCUT2D eigenvalue weighted by molar-refractivity contribution is 0.139. The number of hydrogen-bond donors (Lipinski definition) is 2. The lowest BCUT2D eigenvalue weighted by atomic mass is 10.0. The van der Waals surface area contributed by atoms with Crippen molar-refractivity contribution >= 4 is 17.9 Å². The smallest absolute Gasteiger partial charge is 0.407 e. The van der Waals surface area contributed by atoms with Crippen LogP contribution in [0.4, 0.5) is 4.79 Å². The summed E-state index contributed by atoms with van der Waals surface area (Å²) in [6, 6.07) is 18.4. The van der Waals surface area contributed by atoms with Crippen molar-refractivity contribution in [1.29, 1.82) is 0 Å². The van der Waals surface area contributed by atoms with Gasteiger partial charge in [-0.3, -0.25) is 0 Å². The Labute approximate surface area is 161 Å². The number of unbranched alkanes of at least 4 members (excludes halogenated alkanes) is 1. The third-order valence-electron chi connectivity index (χ3n) is 4.13. The number of ether oxygens (including phenoxy) is 1. The minimum absolute atomic E-state index is 0.306. The summed E-state index contributed by atoms with van der Waals surface area (Å²) in [5.41, 5.74) is 3.66. The molecule has 4 nitrogen and oxygen atoms in total. The summed E-state index contributed by atoms with van der Waals surface area (Å²) < 4.78 is 5.18. The van der Waals surface area contributed by atoms with Crippen LogP contribution in [-0.4, -0.2) is 19.2 Å². The van der Waals surface area contributed by atoms with Crippen molar-refractivity contribution in [3.8, 4) is 0 Å². The number of carbonyl (C=O) groups is 1. The van der Waals surface area contributed by atoms with Gasteiger partial charge in [0, 0.05) is 13.1 Å². The fraction of sp³-hybridized carbons (Fsp3) is 0.381. The summed E-state index contributed by atoms with van der Waals surface area (Å²) in [4.78, 5) is 14.3. The molecule has 0 aliphatic rings. The number of carbonyl (C=O) groups excluding carboxylic acids is 1. The largest absolute Gasteiger partial charge is 0.445 e. The fourth-order valence-electron chi connectivity index (χ4n) is 2.65. The van der Waals surface area contributed by atoms with Crippen LogP contribution in [0, 0.1) is 0 Å². The molecule has 0 unspecified atom stereocenters. The van der Waals surface area contributed by atoms with Crippen molar-refractivity contribution in [2.24, 2.45) is 0 Å². The third-order valence-corrected chi connectivity index (χ3v) is 4.32. The highest BCUT2D eigenvalue weighted by Crippen LogP contribution is 2.09. The van der Waals surface area contributed by atoms with Gasteiger partial charge in [0.05, 0.1) is 0 Å². The Morgan fingerprint density at radius 1 is 0.808 bits per heavy atom. The van der Waals surface area contributed by atoms with E-state index in [4.69, 9.17) is 16.5 Å². The van der Waals surface area contributed by atoms with Gasteiger partial charge in [-0.2, -0.15) is 0 Å². The van der Waals surface area contributed by atoms with Crippen LogP contribution in [0.2, 0.25) is 0 Å². The number of aryl methyl sites for hydroxylation is 2. The molecule has 0 heterocycles. The highest BCUT2D eigenvalue weighted by molar-refractivity contribution is 6.13. The SMILES string of the molecule is O=C(NCCCCc1ccc(CCCNCl)cc1)OCc1ccccc1. The molecule has 2 rings (SSSR count). The maximum absolute atomic E-state index is 11.6. The number of benzene rings is 2. The van der Waals surface area contributed by atoms with Crippen molar-refractivity contribution in [3.05, 3.63) is 71.3 Å². The Morgan fingerprint density at radius 2 is 1.46 bits per heavy atom. The van der Waals surface area contributed by atoms with E-state index in [9.17, 15) is 4.79 Å². The Balaban J connectivity index is 1.53. The first-order valence-corrected chi connectivity index (χ1v) is 9.51. The number of amides is 1. The summed E-state index contributed by atoms with van der Waals surface area (Å²) in [6.45, 7) is 1.77. The van der Waals surface area contributed by atoms with Gasteiger partial charge in [-0.25, -0.2) is 9.63 Å². The van der Waals surface area contributed by atoms with Crippen LogP contribution < -0.4 is 10.2 Å². The monoisotopic (exact) mass is 374 g/mol. The number of hydrogen-bond acceptors (Lipinski definition) is 3. The van der Waals surface area contributed by atoms with Crippen LogP contribution >= 0.6 is 11.8 Å². The molecule has 0 aromatic heterocycles. The van der Waals surface area contributed by atoms with Gasteiger partial charge in [0.1, 0.15) is 6.61 Å². The molecule has 0 saturated carbocycles. The molecule has 2 aromatic rings. The number of rotatable bonds is 11. The first-order valence-electron chi connectivity index (χ1n) is 9.14. The fourth-order valence-corrected chi connectivity index (χ4v) is 2.78. The standard InChI is InChI=1S/C21H27ClN2O2/c22-24-16-6-10-19-13-11-18(12-14-19)7-4-5-15-23-21(25)26-17-20-8-2-1-3-9-20/h1-3,8-9,11-14,24H,4-7,10,15-17H2,(H,23,25). The van der Waals surface area contributed by atoms with Crippen LogP contribution in [0.15, 0.2) is 54.6 Å². The average molecular weight is 375 g/mol. The molecule has 2 N–H and O–H groups in total. The van der Waals surface area contributed by atoms with Gasteiger partial charge < -0.3 is 10.1 Å². The minimum Gasteiger partial charge on any atom is -0.445 e. The summed E-state index contributed by atoms with van der Waals surface area (Å²) in [6.07, 6.45) is 4.70. The lowest BCUT2D eigenvalue weighted by Crippen LogP contribution is -2.25. The average Bonchev–Trinajstić information content (AvgIpc) is 2.68. The number of alkyl carbamates (subject to hydrolysis) is 1. The normalized spacial score (nSPS) is 10.5. The highest BCUT2D eigenvalue weighted by atomic mass is 35.5. The van der Waals surface area contributed by atoms with E-state index in [1.54, 1.807) is 0 Å². The van der Waals surface area contributed by atoms with Crippen molar-refractivity contribution in [2.45, 2.75) is 38.7 Å². The minimum atomic E-state index is -0.357. The molecule has 0 atom stereocenters. The second-order valence-electron chi connectivity index (χ2n) is 6.25. The zero-order chi connectivity index (χ0) is 18.5. The molecule has 1 amide bonds. The van der Waals surface area contributed by atoms with E-state index in [1.165, 1.54) is 11.1 Å². The van der Waals surface area contributed by atoms with Gasteiger partial charge in [0.15, 0.2) is 0 Å². The third kappa shape index (κ3) is 8.37. The molecule has 0 radical (unpaired) electrons. The quantitative estimate of drug-likeness (QED) is 0.446. The second kappa shape index (κ2) is 12.3. The molecule has 0 aliphatic carbocycles. The van der Waals surface area contributed by atoms with E-state index in [1.807, 2.05) is 30.3 Å². The zero-order valence-corrected chi connectivity index (χ0v) is 15.8. The first kappa shape index (κ1) is 20.3. The summed E-state index contributed by atoms with van der Waals surface area (Å²) in [7, 11) is 0. The maximum atomic E-state index is 11.6. The summed E-state index contributed by atoms with van der Waals surface area (Å²) >= 11 is 5.46. The van der Waals surface area contributed by atoms with Crippen molar-refractivity contribution in [1.82, 2.24) is 10.2 Å². The first-order chi connectivity index (χ1) is 12.8. The predicted molar refractivity (Wildman–Crippen MR) is 106 cm³/mol. The summed E-state index contributed by atoms with van der Waals surface area (Å²) in [5.74, 6) is 0. The molecular weight excluding hydrogens is 348 g/mol. The molecular formula is C21H27ClN2O2. The van der Waals surface area contributed by atoms with Gasteiger partial charge in [0.2, 0.25) is 0 Å². The van der Waals surface area contributed by atoms with E-state index in [2.05, 4.69) is 34.4 Å². The molecule has 0 bridgehead atoms. The second-order valence-corrected chi connectivity index (χ2v) is 6.52. The molecule has 26 heavy (non-hydrogen) atoms. The predicted octanol–water partition coefficient (Wildman–Crippen LogP) is 4.61. The van der Waals surface area contributed by atoms with Crippen molar-refractivity contribution in [2.75, 3.05) is 13.1 Å². The summed E-state index contributed by atoms with van der Waals surface area (Å²) in [5, 5.41) is 2.80. The topological polar surface area (TPSA) is 50.4 Å². The van der Waals surface area contributed by atoms with Crippen molar-refractivity contribution in [3.63, 3.8) is 0 Å². The lowest BCUT2D eigenvalue weighted by Gasteiger charge is -2.07. The van der Waals surface area contributed by atoms with Crippen LogP contribution in [-0.2, 0) is 24.2 Å².